The van der Waals surface area contributed by atoms with Gasteiger partial charge in [-0.15, -0.1) is 12.4 Å². The number of hydrogen-bond donors (Lipinski definition) is 1. The summed E-state index contributed by atoms with van der Waals surface area (Å²) in [6, 6.07) is 7.79. The van der Waals surface area contributed by atoms with Crippen LogP contribution in [0.1, 0.15) is 24.8 Å². The molecule has 0 radical (unpaired) electrons. The van der Waals surface area contributed by atoms with Crippen molar-refractivity contribution in [2.24, 2.45) is 5.41 Å². The Bertz CT molecular complexity index is 487. The number of likely N-dealkylation sites (tertiary alicyclic amines) is 1. The normalized spacial score (nSPS) is 21.1. The lowest BCUT2D eigenvalue weighted by Gasteiger charge is -2.32. The van der Waals surface area contributed by atoms with Gasteiger partial charge in [0, 0.05) is 18.1 Å². The molecule has 2 aliphatic rings. The van der Waals surface area contributed by atoms with E-state index in [2.05, 4.69) is 5.32 Å². The van der Waals surface area contributed by atoms with Crippen LogP contribution in [0.4, 0.5) is 0 Å². The lowest BCUT2D eigenvalue weighted by atomic mass is 9.78. The minimum atomic E-state index is -0.0908. The van der Waals surface area contributed by atoms with Crippen LogP contribution in [0.3, 0.4) is 0 Å². The molecule has 2 heterocycles. The predicted molar refractivity (Wildman–Crippen MR) is 83.3 cm³/mol. The summed E-state index contributed by atoms with van der Waals surface area (Å²) in [5.74, 6) is 0.328. The van der Waals surface area contributed by atoms with E-state index < -0.39 is 0 Å². The zero-order valence-electron chi connectivity index (χ0n) is 11.4. The highest BCUT2D eigenvalue weighted by Crippen LogP contribution is 2.40. The Morgan fingerprint density at radius 3 is 2.60 bits per heavy atom. The van der Waals surface area contributed by atoms with Gasteiger partial charge in [0.25, 0.3) is 0 Å². The summed E-state index contributed by atoms with van der Waals surface area (Å²) in [7, 11) is 0. The van der Waals surface area contributed by atoms with E-state index in [0.717, 1.165) is 49.5 Å². The number of hydrogen-bond acceptors (Lipinski definition) is 2. The molecule has 1 spiro atoms. The van der Waals surface area contributed by atoms with Gasteiger partial charge in [-0.1, -0.05) is 29.8 Å². The number of halogens is 2. The molecule has 5 heteroatoms. The Labute approximate surface area is 131 Å². The first-order valence-electron chi connectivity index (χ1n) is 6.95. The number of carbonyl (C=O) groups is 1. The van der Waals surface area contributed by atoms with E-state index >= 15 is 0 Å². The van der Waals surface area contributed by atoms with Crippen molar-refractivity contribution >= 4 is 29.9 Å². The van der Waals surface area contributed by atoms with Crippen molar-refractivity contribution < 1.29 is 4.79 Å². The van der Waals surface area contributed by atoms with Crippen molar-refractivity contribution in [2.75, 3.05) is 19.6 Å². The summed E-state index contributed by atoms with van der Waals surface area (Å²) in [6.45, 7) is 3.44. The zero-order valence-corrected chi connectivity index (χ0v) is 13.0. The molecule has 0 aliphatic carbocycles. The molecule has 1 N–H and O–H groups in total. The molecule has 110 valence electrons. The number of carbonyl (C=O) groups excluding carboxylic acids is 1. The highest BCUT2D eigenvalue weighted by atomic mass is 35.5. The Balaban J connectivity index is 0.00000147. The van der Waals surface area contributed by atoms with Crippen LogP contribution in [0.25, 0.3) is 0 Å². The fraction of sp³-hybridized carbons (Fsp3) is 0.533. The second-order valence-electron chi connectivity index (χ2n) is 5.60. The fourth-order valence-electron chi connectivity index (χ4n) is 3.25. The Hall–Kier alpha value is -0.770. The van der Waals surface area contributed by atoms with Gasteiger partial charge in [-0.05, 0) is 44.0 Å². The van der Waals surface area contributed by atoms with Gasteiger partial charge in [0.2, 0.25) is 5.91 Å². The largest absolute Gasteiger partial charge is 0.338 e. The number of rotatable bonds is 2. The summed E-state index contributed by atoms with van der Waals surface area (Å²) >= 11 is 6.18. The molecule has 2 saturated heterocycles. The molecule has 0 aromatic heterocycles. The van der Waals surface area contributed by atoms with Gasteiger partial charge < -0.3 is 10.2 Å². The zero-order chi connectivity index (χ0) is 13.3. The maximum atomic E-state index is 12.7. The first kappa shape index (κ1) is 15.6. The van der Waals surface area contributed by atoms with E-state index in [0.29, 0.717) is 12.5 Å². The van der Waals surface area contributed by atoms with Crippen LogP contribution in [0.5, 0.6) is 0 Å². The van der Waals surface area contributed by atoms with E-state index in [9.17, 15) is 4.79 Å². The summed E-state index contributed by atoms with van der Waals surface area (Å²) in [5, 5.41) is 4.09. The van der Waals surface area contributed by atoms with Crippen molar-refractivity contribution in [3.8, 4) is 0 Å². The summed E-state index contributed by atoms with van der Waals surface area (Å²) in [5.41, 5.74) is 0.954. The Kier molecular flexibility index (Phi) is 4.95. The van der Waals surface area contributed by atoms with Crippen molar-refractivity contribution in [3.05, 3.63) is 34.9 Å². The number of nitrogens with zero attached hydrogens (tertiary/aromatic N) is 1. The van der Waals surface area contributed by atoms with E-state index in [-0.39, 0.29) is 17.8 Å². The number of amides is 1. The molecule has 2 aliphatic heterocycles. The van der Waals surface area contributed by atoms with Crippen LogP contribution in [-0.2, 0) is 11.3 Å². The third-order valence-electron chi connectivity index (χ3n) is 4.48. The summed E-state index contributed by atoms with van der Waals surface area (Å²) < 4.78 is 0. The molecule has 2 fully saturated rings. The molecule has 3 rings (SSSR count). The molecule has 0 unspecified atom stereocenters. The molecule has 1 aromatic carbocycles. The molecule has 20 heavy (non-hydrogen) atoms. The van der Waals surface area contributed by atoms with Gasteiger partial charge >= 0.3 is 0 Å². The molecular weight excluding hydrogens is 295 g/mol. The van der Waals surface area contributed by atoms with Gasteiger partial charge in [0.05, 0.1) is 5.41 Å². The summed E-state index contributed by atoms with van der Waals surface area (Å²) in [4.78, 5) is 14.6. The van der Waals surface area contributed by atoms with Gasteiger partial charge in [-0.2, -0.15) is 0 Å². The van der Waals surface area contributed by atoms with Crippen LogP contribution < -0.4 is 5.32 Å². The second-order valence-corrected chi connectivity index (χ2v) is 6.01. The smallest absolute Gasteiger partial charge is 0.229 e. The van der Waals surface area contributed by atoms with Crippen molar-refractivity contribution in [1.29, 1.82) is 0 Å². The predicted octanol–water partition coefficient (Wildman–Crippen LogP) is 2.86. The quantitative estimate of drug-likeness (QED) is 0.910. The molecule has 0 bridgehead atoms. The Morgan fingerprint density at radius 2 is 1.90 bits per heavy atom. The van der Waals surface area contributed by atoms with Crippen LogP contribution >= 0.6 is 24.0 Å². The standard InChI is InChI=1S/C15H19ClN2O.ClH/c16-13-4-2-1-3-12(13)11-18-10-7-15(14(18)19)5-8-17-9-6-15;/h1-4,17H,5-11H2;1H. The van der Waals surface area contributed by atoms with E-state index in [1.165, 1.54) is 0 Å². The van der Waals surface area contributed by atoms with Crippen LogP contribution in [0.15, 0.2) is 24.3 Å². The Morgan fingerprint density at radius 1 is 1.20 bits per heavy atom. The molecule has 3 nitrogen and oxygen atoms in total. The van der Waals surface area contributed by atoms with E-state index in [4.69, 9.17) is 11.6 Å². The van der Waals surface area contributed by atoms with Gasteiger partial charge in [0.15, 0.2) is 0 Å². The highest BCUT2D eigenvalue weighted by molar-refractivity contribution is 6.31. The molecule has 1 aromatic rings. The lowest BCUT2D eigenvalue weighted by molar-refractivity contribution is -0.137. The third kappa shape index (κ3) is 2.80. The van der Waals surface area contributed by atoms with Crippen LogP contribution in [-0.4, -0.2) is 30.4 Å². The minimum Gasteiger partial charge on any atom is -0.338 e. The minimum absolute atomic E-state index is 0. The van der Waals surface area contributed by atoms with Crippen LogP contribution in [0.2, 0.25) is 5.02 Å². The molecular formula is C15H20Cl2N2O. The third-order valence-corrected chi connectivity index (χ3v) is 4.85. The fourth-order valence-corrected chi connectivity index (χ4v) is 3.44. The topological polar surface area (TPSA) is 32.3 Å². The number of piperidine rings is 1. The second kappa shape index (κ2) is 6.33. The first-order chi connectivity index (χ1) is 9.21. The SMILES string of the molecule is Cl.O=C1N(Cc2ccccc2Cl)CCC12CCNCC2. The van der Waals surface area contributed by atoms with Gasteiger partial charge in [0.1, 0.15) is 0 Å². The van der Waals surface area contributed by atoms with E-state index in [1.54, 1.807) is 0 Å². The average Bonchev–Trinajstić information content (AvgIpc) is 2.72. The van der Waals surface area contributed by atoms with E-state index in [1.807, 2.05) is 29.2 Å². The lowest BCUT2D eigenvalue weighted by Crippen LogP contribution is -2.42. The van der Waals surface area contributed by atoms with Gasteiger partial charge in [-0.3, -0.25) is 4.79 Å². The van der Waals surface area contributed by atoms with Crippen LogP contribution in [0, 0.1) is 5.41 Å². The average molecular weight is 315 g/mol. The van der Waals surface area contributed by atoms with Crippen molar-refractivity contribution in [1.82, 2.24) is 10.2 Å². The molecule has 0 atom stereocenters. The highest BCUT2D eigenvalue weighted by Gasteiger charge is 2.46. The molecule has 1 amide bonds. The van der Waals surface area contributed by atoms with Gasteiger partial charge in [-0.25, -0.2) is 0 Å². The molecule has 0 saturated carbocycles. The maximum absolute atomic E-state index is 12.7. The monoisotopic (exact) mass is 314 g/mol. The maximum Gasteiger partial charge on any atom is 0.229 e. The summed E-state index contributed by atoms with van der Waals surface area (Å²) in [6.07, 6.45) is 2.95. The number of nitrogens with one attached hydrogen (secondary N) is 1. The van der Waals surface area contributed by atoms with Crippen molar-refractivity contribution in [2.45, 2.75) is 25.8 Å². The van der Waals surface area contributed by atoms with Crippen molar-refractivity contribution in [3.63, 3.8) is 0 Å². The first-order valence-corrected chi connectivity index (χ1v) is 7.33. The number of benzene rings is 1.